The molecule has 0 amide bonds. The molecule has 1 atom stereocenters. The summed E-state index contributed by atoms with van der Waals surface area (Å²) in [6.07, 6.45) is 3.14. The fraction of sp³-hybridized carbons (Fsp3) is 0.833. The molecule has 17 heavy (non-hydrogen) atoms. The first-order valence-electron chi connectivity index (χ1n) is 6.40. The average molecular weight is 237 g/mol. The highest BCUT2D eigenvalue weighted by Crippen LogP contribution is 2.33. The molecule has 0 unspecified atom stereocenters. The monoisotopic (exact) mass is 237 g/mol. The molecule has 2 fully saturated rings. The standard InChI is InChI=1S/C12H19N3O2/c1-12(3-5-13-6-4-12)11-14-10(15-17-11)9-2-7-16-8-9/h9,13H,2-8H2,1H3/t9-/m1/s1. The van der Waals surface area contributed by atoms with E-state index in [0.717, 1.165) is 57.3 Å². The van der Waals surface area contributed by atoms with Gasteiger partial charge in [0.05, 0.1) is 6.61 Å². The normalized spacial score (nSPS) is 28.4. The predicted molar refractivity (Wildman–Crippen MR) is 61.9 cm³/mol. The fourth-order valence-electron chi connectivity index (χ4n) is 2.58. The zero-order valence-corrected chi connectivity index (χ0v) is 10.2. The minimum Gasteiger partial charge on any atom is -0.381 e. The molecule has 0 aromatic carbocycles. The van der Waals surface area contributed by atoms with E-state index in [1.165, 1.54) is 0 Å². The highest BCUT2D eigenvalue weighted by molar-refractivity contribution is 5.07. The van der Waals surface area contributed by atoms with Crippen molar-refractivity contribution < 1.29 is 9.26 Å². The second-order valence-electron chi connectivity index (χ2n) is 5.33. The lowest BCUT2D eigenvalue weighted by atomic mass is 9.81. The first kappa shape index (κ1) is 11.2. The molecule has 5 nitrogen and oxygen atoms in total. The van der Waals surface area contributed by atoms with Crippen LogP contribution in [0.25, 0.3) is 0 Å². The van der Waals surface area contributed by atoms with Crippen LogP contribution in [0.4, 0.5) is 0 Å². The van der Waals surface area contributed by atoms with Crippen LogP contribution in [0.5, 0.6) is 0 Å². The second kappa shape index (κ2) is 4.38. The van der Waals surface area contributed by atoms with Crippen LogP contribution < -0.4 is 5.32 Å². The minimum atomic E-state index is 0.0515. The maximum atomic E-state index is 5.48. The first-order valence-corrected chi connectivity index (χ1v) is 6.40. The lowest BCUT2D eigenvalue weighted by molar-refractivity contribution is 0.192. The molecule has 0 bridgehead atoms. The van der Waals surface area contributed by atoms with Crippen molar-refractivity contribution in [1.82, 2.24) is 15.5 Å². The third-order valence-corrected chi connectivity index (χ3v) is 3.96. The van der Waals surface area contributed by atoms with E-state index < -0.39 is 0 Å². The number of ether oxygens (including phenoxy) is 1. The quantitative estimate of drug-likeness (QED) is 0.838. The Labute approximate surface area is 101 Å². The van der Waals surface area contributed by atoms with Crippen molar-refractivity contribution in [2.24, 2.45) is 0 Å². The SMILES string of the molecule is CC1(c2nc([C@@H]3CCOC3)no2)CCNCC1. The van der Waals surface area contributed by atoms with E-state index in [4.69, 9.17) is 9.26 Å². The van der Waals surface area contributed by atoms with Crippen LogP contribution in [0.3, 0.4) is 0 Å². The molecule has 2 saturated heterocycles. The Bertz CT molecular complexity index is 379. The van der Waals surface area contributed by atoms with Crippen LogP contribution >= 0.6 is 0 Å². The van der Waals surface area contributed by atoms with Crippen molar-refractivity contribution in [3.05, 3.63) is 11.7 Å². The molecule has 1 aromatic heterocycles. The summed E-state index contributed by atoms with van der Waals surface area (Å²) in [7, 11) is 0. The van der Waals surface area contributed by atoms with E-state index in [0.29, 0.717) is 5.92 Å². The van der Waals surface area contributed by atoms with Crippen molar-refractivity contribution in [1.29, 1.82) is 0 Å². The highest BCUT2D eigenvalue weighted by Gasteiger charge is 2.35. The molecule has 2 aliphatic heterocycles. The number of nitrogens with one attached hydrogen (secondary N) is 1. The molecule has 0 spiro atoms. The summed E-state index contributed by atoms with van der Waals surface area (Å²) in [5.41, 5.74) is 0.0515. The number of rotatable bonds is 2. The van der Waals surface area contributed by atoms with Gasteiger partial charge in [0.25, 0.3) is 0 Å². The van der Waals surface area contributed by atoms with Crippen LogP contribution in [0.1, 0.15) is 43.8 Å². The molecule has 0 radical (unpaired) electrons. The Balaban J connectivity index is 1.78. The van der Waals surface area contributed by atoms with Crippen LogP contribution in [0.2, 0.25) is 0 Å². The molecule has 5 heteroatoms. The summed E-state index contributed by atoms with van der Waals surface area (Å²) in [6, 6.07) is 0. The van der Waals surface area contributed by atoms with E-state index in [2.05, 4.69) is 22.4 Å². The molecule has 0 saturated carbocycles. The summed E-state index contributed by atoms with van der Waals surface area (Å²) in [5.74, 6) is 1.97. The van der Waals surface area contributed by atoms with Gasteiger partial charge in [0.15, 0.2) is 5.82 Å². The van der Waals surface area contributed by atoms with Crippen molar-refractivity contribution in [3.63, 3.8) is 0 Å². The fourth-order valence-corrected chi connectivity index (χ4v) is 2.58. The zero-order valence-electron chi connectivity index (χ0n) is 10.2. The minimum absolute atomic E-state index is 0.0515. The summed E-state index contributed by atoms with van der Waals surface area (Å²) >= 11 is 0. The number of piperidine rings is 1. The largest absolute Gasteiger partial charge is 0.381 e. The Hall–Kier alpha value is -0.940. The Morgan fingerprint density at radius 3 is 2.88 bits per heavy atom. The number of hydrogen-bond acceptors (Lipinski definition) is 5. The Morgan fingerprint density at radius 2 is 2.18 bits per heavy atom. The third kappa shape index (κ3) is 2.09. The van der Waals surface area contributed by atoms with Crippen molar-refractivity contribution in [2.45, 2.75) is 37.5 Å². The van der Waals surface area contributed by atoms with Gasteiger partial charge in [-0.2, -0.15) is 4.98 Å². The Kier molecular flexibility index (Phi) is 2.88. The highest BCUT2D eigenvalue weighted by atomic mass is 16.5. The summed E-state index contributed by atoms with van der Waals surface area (Å²) in [6.45, 7) is 5.82. The third-order valence-electron chi connectivity index (χ3n) is 3.96. The van der Waals surface area contributed by atoms with Gasteiger partial charge in [-0.15, -0.1) is 0 Å². The number of nitrogens with zero attached hydrogens (tertiary/aromatic N) is 2. The molecule has 3 heterocycles. The van der Waals surface area contributed by atoms with E-state index in [1.54, 1.807) is 0 Å². The van der Waals surface area contributed by atoms with Gasteiger partial charge in [-0.25, -0.2) is 0 Å². The van der Waals surface area contributed by atoms with Gasteiger partial charge in [-0.3, -0.25) is 0 Å². The van der Waals surface area contributed by atoms with Crippen LogP contribution in [-0.2, 0) is 10.2 Å². The lowest BCUT2D eigenvalue weighted by Gasteiger charge is -2.30. The number of hydrogen-bond donors (Lipinski definition) is 1. The summed E-state index contributed by atoms with van der Waals surface area (Å²) in [4.78, 5) is 4.60. The lowest BCUT2D eigenvalue weighted by Crippen LogP contribution is -2.37. The van der Waals surface area contributed by atoms with Crippen molar-refractivity contribution >= 4 is 0 Å². The summed E-state index contributed by atoms with van der Waals surface area (Å²) < 4.78 is 10.8. The van der Waals surface area contributed by atoms with E-state index in [-0.39, 0.29) is 5.41 Å². The first-order chi connectivity index (χ1) is 8.28. The Morgan fingerprint density at radius 1 is 1.35 bits per heavy atom. The van der Waals surface area contributed by atoms with E-state index >= 15 is 0 Å². The van der Waals surface area contributed by atoms with E-state index in [1.807, 2.05) is 0 Å². The topological polar surface area (TPSA) is 60.2 Å². The second-order valence-corrected chi connectivity index (χ2v) is 5.33. The molecule has 2 aliphatic rings. The van der Waals surface area contributed by atoms with Gasteiger partial charge in [0, 0.05) is 17.9 Å². The maximum absolute atomic E-state index is 5.48. The van der Waals surface area contributed by atoms with Crippen molar-refractivity contribution in [3.8, 4) is 0 Å². The van der Waals surface area contributed by atoms with Gasteiger partial charge >= 0.3 is 0 Å². The summed E-state index contributed by atoms with van der Waals surface area (Å²) in [5, 5.41) is 7.49. The molecule has 1 N–H and O–H groups in total. The molecular weight excluding hydrogens is 218 g/mol. The van der Waals surface area contributed by atoms with E-state index in [9.17, 15) is 0 Å². The molecule has 0 aliphatic carbocycles. The smallest absolute Gasteiger partial charge is 0.232 e. The zero-order chi connectivity index (χ0) is 11.7. The van der Waals surface area contributed by atoms with Crippen LogP contribution in [0, 0.1) is 0 Å². The maximum Gasteiger partial charge on any atom is 0.232 e. The van der Waals surface area contributed by atoms with Gasteiger partial charge in [0.2, 0.25) is 5.89 Å². The van der Waals surface area contributed by atoms with Crippen molar-refractivity contribution in [2.75, 3.05) is 26.3 Å². The van der Waals surface area contributed by atoms with Crippen LogP contribution in [0.15, 0.2) is 4.52 Å². The van der Waals surface area contributed by atoms with Gasteiger partial charge < -0.3 is 14.6 Å². The average Bonchev–Trinajstić information content (AvgIpc) is 3.01. The molecule has 94 valence electrons. The molecular formula is C12H19N3O2. The van der Waals surface area contributed by atoms with Crippen LogP contribution in [-0.4, -0.2) is 36.4 Å². The molecule has 1 aromatic rings. The van der Waals surface area contributed by atoms with Gasteiger partial charge in [-0.05, 0) is 32.4 Å². The predicted octanol–water partition coefficient (Wildman–Crippen LogP) is 1.21. The number of aromatic nitrogens is 2. The molecule has 3 rings (SSSR count). The van der Waals surface area contributed by atoms with Gasteiger partial charge in [0.1, 0.15) is 0 Å². The van der Waals surface area contributed by atoms with Gasteiger partial charge in [-0.1, -0.05) is 12.1 Å².